The van der Waals surface area contributed by atoms with E-state index in [9.17, 15) is 0 Å². The van der Waals surface area contributed by atoms with Crippen LogP contribution in [0.1, 0.15) is 27.9 Å². The minimum Gasteiger partial charge on any atom is -0.380 e. The lowest BCUT2D eigenvalue weighted by molar-refractivity contribution is 0.184. The second kappa shape index (κ2) is 9.27. The molecule has 2 aromatic rings. The number of hydrogen-bond acceptors (Lipinski definition) is 4. The van der Waals surface area contributed by atoms with Gasteiger partial charge in [0.2, 0.25) is 0 Å². The molecule has 1 aromatic heterocycles. The first-order valence-electron chi connectivity index (χ1n) is 7.70. The molecule has 124 valence electrons. The van der Waals surface area contributed by atoms with Crippen LogP contribution in [0.25, 0.3) is 0 Å². The van der Waals surface area contributed by atoms with Crippen molar-refractivity contribution in [3.8, 4) is 0 Å². The maximum Gasteiger partial charge on any atom is 0.191 e. The highest BCUT2D eigenvalue weighted by atomic mass is 32.1. The van der Waals surface area contributed by atoms with Crippen LogP contribution in [0.15, 0.2) is 35.5 Å². The summed E-state index contributed by atoms with van der Waals surface area (Å²) in [7, 11) is 3.49. The van der Waals surface area contributed by atoms with Gasteiger partial charge in [0.15, 0.2) is 5.96 Å². The molecule has 0 aliphatic carbocycles. The molecule has 0 saturated carbocycles. The Hall–Kier alpha value is -1.92. The molecule has 0 unspecified atom stereocenters. The van der Waals surface area contributed by atoms with Gasteiger partial charge in [-0.1, -0.05) is 31.2 Å². The van der Waals surface area contributed by atoms with Crippen LogP contribution in [0.4, 0.5) is 0 Å². The zero-order valence-electron chi connectivity index (χ0n) is 13.9. The highest BCUT2D eigenvalue weighted by Gasteiger charge is 2.05. The number of hydrogen-bond donors (Lipinski definition) is 2. The summed E-state index contributed by atoms with van der Waals surface area (Å²) in [5, 5.41) is 7.71. The van der Waals surface area contributed by atoms with Crippen molar-refractivity contribution in [3.63, 3.8) is 0 Å². The molecule has 1 heterocycles. The fourth-order valence-electron chi connectivity index (χ4n) is 2.18. The van der Waals surface area contributed by atoms with Crippen LogP contribution in [-0.2, 0) is 30.9 Å². The summed E-state index contributed by atoms with van der Waals surface area (Å²) in [6.07, 6.45) is 2.97. The highest BCUT2D eigenvalue weighted by Crippen LogP contribution is 2.13. The Kier molecular flexibility index (Phi) is 7.03. The van der Waals surface area contributed by atoms with Gasteiger partial charge in [-0.2, -0.15) is 0 Å². The minimum absolute atomic E-state index is 0.614. The molecule has 0 radical (unpaired) electrons. The fourth-order valence-corrected chi connectivity index (χ4v) is 2.98. The van der Waals surface area contributed by atoms with Crippen molar-refractivity contribution in [2.24, 2.45) is 4.99 Å². The maximum absolute atomic E-state index is 5.24. The standard InChI is InChI=1S/C17H24N4OS/c1-4-15-10-19-16(23-15)11-21-17(18-2)20-9-13-7-5-6-8-14(13)12-22-3/h5-8,10H,4,9,11-12H2,1-3H3,(H2,18,20,21). The molecule has 0 bridgehead atoms. The predicted octanol–water partition coefficient (Wildman–Crippen LogP) is 2.72. The van der Waals surface area contributed by atoms with Gasteiger partial charge in [0.05, 0.1) is 13.2 Å². The first-order valence-corrected chi connectivity index (χ1v) is 8.52. The van der Waals surface area contributed by atoms with Crippen LogP contribution in [-0.4, -0.2) is 25.1 Å². The smallest absolute Gasteiger partial charge is 0.191 e. The molecule has 0 spiro atoms. The van der Waals surface area contributed by atoms with Crippen molar-refractivity contribution in [2.45, 2.75) is 33.0 Å². The second-order valence-corrected chi connectivity index (χ2v) is 6.25. The summed E-state index contributed by atoms with van der Waals surface area (Å²) in [5.74, 6) is 0.769. The molecule has 5 nitrogen and oxygen atoms in total. The van der Waals surface area contributed by atoms with Crippen LogP contribution >= 0.6 is 11.3 Å². The number of aryl methyl sites for hydroxylation is 1. The van der Waals surface area contributed by atoms with E-state index in [-0.39, 0.29) is 0 Å². The molecule has 6 heteroatoms. The summed E-state index contributed by atoms with van der Waals surface area (Å²) in [5.41, 5.74) is 2.39. The summed E-state index contributed by atoms with van der Waals surface area (Å²) in [6, 6.07) is 8.24. The lowest BCUT2D eigenvalue weighted by Gasteiger charge is -2.13. The minimum atomic E-state index is 0.614. The molecule has 0 amide bonds. The van der Waals surface area contributed by atoms with Crippen LogP contribution in [0, 0.1) is 0 Å². The lowest BCUT2D eigenvalue weighted by atomic mass is 10.1. The normalized spacial score (nSPS) is 11.5. The molecule has 0 saturated heterocycles. The number of aliphatic imine (C=N–C) groups is 1. The molecular weight excluding hydrogens is 308 g/mol. The number of rotatable bonds is 7. The van der Waals surface area contributed by atoms with Crippen LogP contribution in [0.3, 0.4) is 0 Å². The molecule has 0 fully saturated rings. The molecule has 0 aliphatic heterocycles. The molecule has 2 rings (SSSR count). The van der Waals surface area contributed by atoms with Gasteiger partial charge in [-0.05, 0) is 17.5 Å². The van der Waals surface area contributed by atoms with Gasteiger partial charge < -0.3 is 15.4 Å². The SMILES string of the molecule is CCc1cnc(CNC(=NC)NCc2ccccc2COC)s1. The topological polar surface area (TPSA) is 58.5 Å². The first kappa shape index (κ1) is 17.4. The molecule has 0 atom stereocenters. The van der Waals surface area contributed by atoms with Crippen LogP contribution < -0.4 is 10.6 Å². The third-order valence-electron chi connectivity index (χ3n) is 3.45. The van der Waals surface area contributed by atoms with E-state index in [4.69, 9.17) is 4.74 Å². The number of nitrogens with one attached hydrogen (secondary N) is 2. The van der Waals surface area contributed by atoms with E-state index < -0.39 is 0 Å². The van der Waals surface area contributed by atoms with Gasteiger partial charge in [0.1, 0.15) is 5.01 Å². The predicted molar refractivity (Wildman–Crippen MR) is 95.7 cm³/mol. The Balaban J connectivity index is 1.88. The number of ether oxygens (including phenoxy) is 1. The maximum atomic E-state index is 5.24. The fraction of sp³-hybridized carbons (Fsp3) is 0.412. The molecular formula is C17H24N4OS. The number of nitrogens with zero attached hydrogens (tertiary/aromatic N) is 2. The third-order valence-corrected chi connectivity index (χ3v) is 4.59. The van der Waals surface area contributed by atoms with Gasteiger partial charge >= 0.3 is 0 Å². The lowest BCUT2D eigenvalue weighted by Crippen LogP contribution is -2.36. The van der Waals surface area contributed by atoms with E-state index in [1.54, 1.807) is 25.5 Å². The van der Waals surface area contributed by atoms with Crippen molar-refractivity contribution >= 4 is 17.3 Å². The monoisotopic (exact) mass is 332 g/mol. The van der Waals surface area contributed by atoms with Gasteiger partial charge in [0, 0.05) is 31.8 Å². The van der Waals surface area contributed by atoms with E-state index in [0.717, 1.165) is 17.4 Å². The number of methoxy groups -OCH3 is 1. The average molecular weight is 332 g/mol. The highest BCUT2D eigenvalue weighted by molar-refractivity contribution is 7.11. The Morgan fingerprint density at radius 1 is 1.22 bits per heavy atom. The Morgan fingerprint density at radius 3 is 2.61 bits per heavy atom. The van der Waals surface area contributed by atoms with Crippen molar-refractivity contribution < 1.29 is 4.74 Å². The van der Waals surface area contributed by atoms with Crippen molar-refractivity contribution in [3.05, 3.63) is 51.5 Å². The van der Waals surface area contributed by atoms with E-state index >= 15 is 0 Å². The van der Waals surface area contributed by atoms with Crippen LogP contribution in [0.2, 0.25) is 0 Å². The van der Waals surface area contributed by atoms with Crippen molar-refractivity contribution in [1.82, 2.24) is 15.6 Å². The number of benzene rings is 1. The third kappa shape index (κ3) is 5.33. The summed E-state index contributed by atoms with van der Waals surface area (Å²) < 4.78 is 5.24. The Labute approximate surface area is 141 Å². The van der Waals surface area contributed by atoms with Gasteiger partial charge in [-0.25, -0.2) is 4.98 Å². The summed E-state index contributed by atoms with van der Waals surface area (Å²) >= 11 is 1.74. The van der Waals surface area contributed by atoms with E-state index in [2.05, 4.69) is 39.7 Å². The number of guanidine groups is 1. The van der Waals surface area contributed by atoms with E-state index in [0.29, 0.717) is 19.7 Å². The first-order chi connectivity index (χ1) is 11.3. The Bertz CT molecular complexity index is 639. The molecule has 23 heavy (non-hydrogen) atoms. The van der Waals surface area contributed by atoms with Gasteiger partial charge in [-0.15, -0.1) is 11.3 Å². The van der Waals surface area contributed by atoms with Crippen molar-refractivity contribution in [1.29, 1.82) is 0 Å². The van der Waals surface area contributed by atoms with E-state index in [1.807, 2.05) is 18.3 Å². The van der Waals surface area contributed by atoms with Gasteiger partial charge in [-0.3, -0.25) is 4.99 Å². The quantitative estimate of drug-likeness (QED) is 0.605. The largest absolute Gasteiger partial charge is 0.380 e. The van der Waals surface area contributed by atoms with Gasteiger partial charge in [0.25, 0.3) is 0 Å². The zero-order valence-corrected chi connectivity index (χ0v) is 14.7. The Morgan fingerprint density at radius 2 is 1.96 bits per heavy atom. The summed E-state index contributed by atoms with van der Waals surface area (Å²) in [6.45, 7) is 4.15. The summed E-state index contributed by atoms with van der Waals surface area (Å²) in [4.78, 5) is 9.97. The second-order valence-electron chi connectivity index (χ2n) is 5.05. The molecule has 0 aliphatic rings. The van der Waals surface area contributed by atoms with Crippen molar-refractivity contribution in [2.75, 3.05) is 14.2 Å². The number of aromatic nitrogens is 1. The number of thiazole rings is 1. The average Bonchev–Trinajstić information content (AvgIpc) is 3.04. The van der Waals surface area contributed by atoms with Crippen LogP contribution in [0.5, 0.6) is 0 Å². The molecule has 1 aromatic carbocycles. The zero-order chi connectivity index (χ0) is 16.5. The molecule has 2 N–H and O–H groups in total. The van der Waals surface area contributed by atoms with E-state index in [1.165, 1.54) is 16.0 Å².